The van der Waals surface area contributed by atoms with Gasteiger partial charge in [0.25, 0.3) is 0 Å². The molecule has 1 unspecified atom stereocenters. The minimum Gasteiger partial charge on any atom is -0.496 e. The number of rotatable bonds is 6. The third-order valence-corrected chi connectivity index (χ3v) is 4.91. The molecule has 4 heteroatoms. The summed E-state index contributed by atoms with van der Waals surface area (Å²) in [6.07, 6.45) is 3.51. The minimum atomic E-state index is -0.855. The fraction of sp³-hybridized carbons (Fsp3) is 0.381. The Morgan fingerprint density at radius 3 is 2.44 bits per heavy atom. The summed E-state index contributed by atoms with van der Waals surface area (Å²) in [6.45, 7) is 0. The lowest BCUT2D eigenvalue weighted by Crippen LogP contribution is -2.37. The molecule has 1 atom stereocenters. The van der Waals surface area contributed by atoms with E-state index in [1.54, 1.807) is 7.11 Å². The molecule has 3 rings (SSSR count). The number of amides is 1. The summed E-state index contributed by atoms with van der Waals surface area (Å²) in [5.74, 6) is 0.598. The summed E-state index contributed by atoms with van der Waals surface area (Å²) in [5.41, 5.74) is 1.04. The number of nitrogens with one attached hydrogen (secondary N) is 1. The van der Waals surface area contributed by atoms with Crippen molar-refractivity contribution < 1.29 is 14.6 Å². The average molecular weight is 339 g/mol. The van der Waals surface area contributed by atoms with E-state index < -0.39 is 5.60 Å². The largest absolute Gasteiger partial charge is 0.496 e. The van der Waals surface area contributed by atoms with Crippen molar-refractivity contribution in [3.05, 3.63) is 65.7 Å². The third-order valence-electron chi connectivity index (χ3n) is 4.91. The SMILES string of the molecule is COc1ccccc1C(NC(=O)CC1(O)CCCC1)c1ccccc1. The van der Waals surface area contributed by atoms with Crippen LogP contribution in [0.1, 0.15) is 49.3 Å². The predicted octanol–water partition coefficient (Wildman–Crippen LogP) is 3.60. The first-order chi connectivity index (χ1) is 12.1. The Morgan fingerprint density at radius 1 is 1.12 bits per heavy atom. The fourth-order valence-electron chi connectivity index (χ4n) is 3.61. The molecule has 0 spiro atoms. The van der Waals surface area contributed by atoms with E-state index in [1.807, 2.05) is 54.6 Å². The normalized spacial score (nSPS) is 17.0. The van der Waals surface area contributed by atoms with Gasteiger partial charge in [0.2, 0.25) is 5.91 Å². The zero-order valence-electron chi connectivity index (χ0n) is 14.6. The van der Waals surface area contributed by atoms with Crippen LogP contribution < -0.4 is 10.1 Å². The van der Waals surface area contributed by atoms with Crippen LogP contribution in [0.5, 0.6) is 5.75 Å². The molecule has 25 heavy (non-hydrogen) atoms. The number of methoxy groups -OCH3 is 1. The molecule has 0 saturated heterocycles. The Labute approximate surface area is 148 Å². The second-order valence-corrected chi connectivity index (χ2v) is 6.76. The highest BCUT2D eigenvalue weighted by Crippen LogP contribution is 2.34. The Balaban J connectivity index is 1.85. The molecule has 1 saturated carbocycles. The van der Waals surface area contributed by atoms with Gasteiger partial charge < -0.3 is 15.2 Å². The fourth-order valence-corrected chi connectivity index (χ4v) is 3.61. The molecule has 2 aromatic carbocycles. The van der Waals surface area contributed by atoms with Crippen molar-refractivity contribution in [2.45, 2.75) is 43.7 Å². The van der Waals surface area contributed by atoms with Gasteiger partial charge in [0.05, 0.1) is 25.2 Å². The highest BCUT2D eigenvalue weighted by molar-refractivity contribution is 5.78. The van der Waals surface area contributed by atoms with Crippen molar-refractivity contribution in [3.8, 4) is 5.75 Å². The van der Waals surface area contributed by atoms with E-state index in [0.29, 0.717) is 12.8 Å². The quantitative estimate of drug-likeness (QED) is 0.845. The molecule has 2 N–H and O–H groups in total. The van der Waals surface area contributed by atoms with Gasteiger partial charge >= 0.3 is 0 Å². The molecular formula is C21H25NO3. The molecule has 1 aliphatic carbocycles. The van der Waals surface area contributed by atoms with E-state index in [1.165, 1.54) is 0 Å². The molecule has 4 nitrogen and oxygen atoms in total. The van der Waals surface area contributed by atoms with Gasteiger partial charge in [-0.2, -0.15) is 0 Å². The maximum absolute atomic E-state index is 12.6. The van der Waals surface area contributed by atoms with Gasteiger partial charge in [0.1, 0.15) is 5.75 Å². The van der Waals surface area contributed by atoms with Gasteiger partial charge in [-0.25, -0.2) is 0 Å². The molecule has 0 aliphatic heterocycles. The molecule has 1 aliphatic rings. The van der Waals surface area contributed by atoms with E-state index in [9.17, 15) is 9.90 Å². The van der Waals surface area contributed by atoms with Crippen molar-refractivity contribution in [3.63, 3.8) is 0 Å². The molecule has 1 fully saturated rings. The Bertz CT molecular complexity index is 708. The van der Waals surface area contributed by atoms with Gasteiger partial charge in [0, 0.05) is 5.56 Å². The number of carbonyl (C=O) groups excluding carboxylic acids is 1. The van der Waals surface area contributed by atoms with Crippen molar-refractivity contribution in [1.29, 1.82) is 0 Å². The Morgan fingerprint density at radius 2 is 1.76 bits per heavy atom. The van der Waals surface area contributed by atoms with Crippen LogP contribution in [0, 0.1) is 0 Å². The van der Waals surface area contributed by atoms with E-state index in [2.05, 4.69) is 5.32 Å². The van der Waals surface area contributed by atoms with E-state index >= 15 is 0 Å². The number of hydrogen-bond acceptors (Lipinski definition) is 3. The van der Waals surface area contributed by atoms with Crippen LogP contribution in [-0.4, -0.2) is 23.7 Å². The smallest absolute Gasteiger partial charge is 0.223 e. The number of benzene rings is 2. The van der Waals surface area contributed by atoms with Gasteiger partial charge in [-0.15, -0.1) is 0 Å². The zero-order chi connectivity index (χ0) is 17.7. The van der Waals surface area contributed by atoms with Crippen molar-refractivity contribution in [2.75, 3.05) is 7.11 Å². The van der Waals surface area contributed by atoms with E-state index in [4.69, 9.17) is 4.74 Å². The summed E-state index contributed by atoms with van der Waals surface area (Å²) < 4.78 is 5.48. The lowest BCUT2D eigenvalue weighted by Gasteiger charge is -2.25. The standard InChI is InChI=1S/C21H25NO3/c1-25-18-12-6-5-11-17(18)20(16-9-3-2-4-10-16)22-19(23)15-21(24)13-7-8-14-21/h2-6,9-12,20,24H,7-8,13-15H2,1H3,(H,22,23). The first-order valence-electron chi connectivity index (χ1n) is 8.81. The molecule has 0 radical (unpaired) electrons. The van der Waals surface area contributed by atoms with Gasteiger partial charge in [-0.1, -0.05) is 61.4 Å². The van der Waals surface area contributed by atoms with Gasteiger partial charge in [-0.05, 0) is 24.5 Å². The van der Waals surface area contributed by atoms with Crippen molar-refractivity contribution in [1.82, 2.24) is 5.32 Å². The lowest BCUT2D eigenvalue weighted by atomic mass is 9.95. The molecule has 132 valence electrons. The van der Waals surface area contributed by atoms with Gasteiger partial charge in [0.15, 0.2) is 0 Å². The van der Waals surface area contributed by atoms with Crippen LogP contribution in [0.2, 0.25) is 0 Å². The maximum Gasteiger partial charge on any atom is 0.223 e. The highest BCUT2D eigenvalue weighted by atomic mass is 16.5. The summed E-state index contributed by atoms with van der Waals surface area (Å²) in [7, 11) is 1.63. The molecule has 0 bridgehead atoms. The topological polar surface area (TPSA) is 58.6 Å². The average Bonchev–Trinajstić information content (AvgIpc) is 3.06. The van der Waals surface area contributed by atoms with Gasteiger partial charge in [-0.3, -0.25) is 4.79 Å². The van der Waals surface area contributed by atoms with Crippen LogP contribution in [0.4, 0.5) is 0 Å². The maximum atomic E-state index is 12.6. The molecular weight excluding hydrogens is 314 g/mol. The molecule has 0 aromatic heterocycles. The zero-order valence-corrected chi connectivity index (χ0v) is 14.6. The molecule has 2 aromatic rings. The number of para-hydroxylation sites is 1. The molecule has 0 heterocycles. The van der Waals surface area contributed by atoms with Crippen LogP contribution in [0.15, 0.2) is 54.6 Å². The van der Waals surface area contributed by atoms with Crippen LogP contribution in [-0.2, 0) is 4.79 Å². The monoisotopic (exact) mass is 339 g/mol. The Kier molecular flexibility index (Phi) is 5.39. The number of carbonyl (C=O) groups is 1. The summed E-state index contributed by atoms with van der Waals surface area (Å²) in [5, 5.41) is 13.6. The van der Waals surface area contributed by atoms with E-state index in [0.717, 1.165) is 29.7 Å². The number of hydrogen-bond donors (Lipinski definition) is 2. The minimum absolute atomic E-state index is 0.135. The van der Waals surface area contributed by atoms with Crippen LogP contribution >= 0.6 is 0 Å². The first kappa shape index (κ1) is 17.5. The second kappa shape index (κ2) is 7.70. The highest BCUT2D eigenvalue weighted by Gasteiger charge is 2.34. The third kappa shape index (κ3) is 4.20. The first-order valence-corrected chi connectivity index (χ1v) is 8.81. The number of aliphatic hydroxyl groups is 1. The summed E-state index contributed by atoms with van der Waals surface area (Å²) in [6, 6.07) is 17.2. The summed E-state index contributed by atoms with van der Waals surface area (Å²) >= 11 is 0. The number of ether oxygens (including phenoxy) is 1. The lowest BCUT2D eigenvalue weighted by molar-refractivity contribution is -0.126. The second-order valence-electron chi connectivity index (χ2n) is 6.76. The Hall–Kier alpha value is -2.33. The van der Waals surface area contributed by atoms with Crippen molar-refractivity contribution in [2.24, 2.45) is 0 Å². The molecule has 1 amide bonds. The summed E-state index contributed by atoms with van der Waals surface area (Å²) in [4.78, 5) is 12.6. The van der Waals surface area contributed by atoms with Crippen molar-refractivity contribution >= 4 is 5.91 Å². The van der Waals surface area contributed by atoms with Crippen LogP contribution in [0.25, 0.3) is 0 Å². The predicted molar refractivity (Wildman–Crippen MR) is 97.5 cm³/mol. The van der Waals surface area contributed by atoms with Crippen LogP contribution in [0.3, 0.4) is 0 Å². The van der Waals surface area contributed by atoms with E-state index in [-0.39, 0.29) is 18.4 Å².